The van der Waals surface area contributed by atoms with Crippen molar-refractivity contribution in [2.75, 3.05) is 13.2 Å². The van der Waals surface area contributed by atoms with Crippen LogP contribution in [-0.4, -0.2) is 25.2 Å². The molecule has 152 valence electrons. The van der Waals surface area contributed by atoms with Crippen molar-refractivity contribution in [2.24, 2.45) is 0 Å². The standard InChI is InChI=1S/C24H20O4S2/c1-3-27-22(25)20-17(15-11-7-5-8-12-15)19-18(16-13-9-6-10-14-16)21(23(26)28-4-2)30-24(19)29-20/h5-14H,3-4H2,1-2H3. The first-order chi connectivity index (χ1) is 14.7. The van der Waals surface area contributed by atoms with Crippen LogP contribution in [0.25, 0.3) is 31.7 Å². The second-order valence-corrected chi connectivity index (χ2v) is 8.75. The van der Waals surface area contributed by atoms with Crippen molar-refractivity contribution in [2.45, 2.75) is 13.8 Å². The quantitative estimate of drug-likeness (QED) is 0.318. The molecule has 2 aromatic carbocycles. The van der Waals surface area contributed by atoms with Crippen LogP contribution in [0.2, 0.25) is 0 Å². The molecule has 0 amide bonds. The zero-order valence-corrected chi connectivity index (χ0v) is 18.3. The lowest BCUT2D eigenvalue weighted by Gasteiger charge is -2.09. The molecule has 0 saturated heterocycles. The lowest BCUT2D eigenvalue weighted by molar-refractivity contribution is 0.0523. The fourth-order valence-electron chi connectivity index (χ4n) is 3.41. The molecule has 0 radical (unpaired) electrons. The first-order valence-electron chi connectivity index (χ1n) is 9.70. The first-order valence-corrected chi connectivity index (χ1v) is 11.3. The van der Waals surface area contributed by atoms with E-state index >= 15 is 0 Å². The minimum Gasteiger partial charge on any atom is -0.462 e. The number of hydrogen-bond acceptors (Lipinski definition) is 6. The fraction of sp³-hybridized carbons (Fsp3) is 0.167. The van der Waals surface area contributed by atoms with Gasteiger partial charge in [0.25, 0.3) is 0 Å². The summed E-state index contributed by atoms with van der Waals surface area (Å²) in [4.78, 5) is 26.7. The van der Waals surface area contributed by atoms with Crippen molar-refractivity contribution in [3.05, 3.63) is 70.4 Å². The first kappa shape index (κ1) is 20.3. The van der Waals surface area contributed by atoms with Gasteiger partial charge in [0.05, 0.1) is 17.2 Å². The van der Waals surface area contributed by atoms with E-state index in [1.807, 2.05) is 60.7 Å². The molecule has 0 bridgehead atoms. The fourth-order valence-corrected chi connectivity index (χ4v) is 5.99. The lowest BCUT2D eigenvalue weighted by atomic mass is 9.96. The average molecular weight is 437 g/mol. The van der Waals surface area contributed by atoms with Crippen molar-refractivity contribution in [3.63, 3.8) is 0 Å². The van der Waals surface area contributed by atoms with Gasteiger partial charge in [-0.3, -0.25) is 0 Å². The number of carbonyl (C=O) groups is 2. The maximum atomic E-state index is 12.8. The van der Waals surface area contributed by atoms with Crippen molar-refractivity contribution in [3.8, 4) is 22.3 Å². The topological polar surface area (TPSA) is 52.6 Å². The molecule has 6 heteroatoms. The van der Waals surface area contributed by atoms with Crippen molar-refractivity contribution in [1.29, 1.82) is 0 Å². The Morgan fingerprint density at radius 2 is 1.10 bits per heavy atom. The van der Waals surface area contributed by atoms with E-state index in [-0.39, 0.29) is 11.9 Å². The molecule has 2 aromatic heterocycles. The highest BCUT2D eigenvalue weighted by atomic mass is 32.2. The molecule has 0 atom stereocenters. The Morgan fingerprint density at radius 3 is 1.47 bits per heavy atom. The second kappa shape index (κ2) is 8.81. The molecule has 4 aromatic rings. The monoisotopic (exact) mass is 436 g/mol. The third-order valence-corrected chi connectivity index (χ3v) is 7.02. The molecule has 0 aliphatic rings. The molecule has 0 aliphatic heterocycles. The van der Waals surface area contributed by atoms with Gasteiger partial charge in [0.2, 0.25) is 0 Å². The SMILES string of the molecule is CCOC(=O)c1sc2sc(C(=O)OCC)c(-c3ccccc3)c2c1-c1ccccc1. The Bertz CT molecular complexity index is 1100. The summed E-state index contributed by atoms with van der Waals surface area (Å²) in [5.74, 6) is -0.692. The molecule has 0 unspecified atom stereocenters. The largest absolute Gasteiger partial charge is 0.462 e. The van der Waals surface area contributed by atoms with Crippen molar-refractivity contribution in [1.82, 2.24) is 0 Å². The maximum absolute atomic E-state index is 12.8. The second-order valence-electron chi connectivity index (χ2n) is 6.45. The van der Waals surface area contributed by atoms with Crippen LogP contribution in [0, 0.1) is 0 Å². The van der Waals surface area contributed by atoms with E-state index in [0.29, 0.717) is 23.0 Å². The molecule has 4 rings (SSSR count). The number of ether oxygens (including phenoxy) is 2. The molecular weight excluding hydrogens is 416 g/mol. The van der Waals surface area contributed by atoms with E-state index in [2.05, 4.69) is 0 Å². The summed E-state index contributed by atoms with van der Waals surface area (Å²) >= 11 is 2.74. The summed E-state index contributed by atoms with van der Waals surface area (Å²) in [6, 6.07) is 19.5. The van der Waals surface area contributed by atoms with Gasteiger partial charge in [0, 0.05) is 16.5 Å². The molecular formula is C24H20O4S2. The number of thiophene rings is 2. The molecule has 4 nitrogen and oxygen atoms in total. The van der Waals surface area contributed by atoms with Gasteiger partial charge in [-0.2, -0.15) is 0 Å². The Balaban J connectivity index is 2.08. The van der Waals surface area contributed by atoms with Gasteiger partial charge in [0.15, 0.2) is 0 Å². The lowest BCUT2D eigenvalue weighted by Crippen LogP contribution is -2.05. The van der Waals surface area contributed by atoms with E-state index in [4.69, 9.17) is 9.47 Å². The van der Waals surface area contributed by atoms with Crippen molar-refractivity contribution >= 4 is 44.0 Å². The van der Waals surface area contributed by atoms with Crippen LogP contribution in [0.4, 0.5) is 0 Å². The summed E-state index contributed by atoms with van der Waals surface area (Å²) in [5.41, 5.74) is 3.44. The van der Waals surface area contributed by atoms with Gasteiger partial charge in [0.1, 0.15) is 9.75 Å². The van der Waals surface area contributed by atoms with Crippen LogP contribution in [0.3, 0.4) is 0 Å². The van der Waals surface area contributed by atoms with Gasteiger partial charge >= 0.3 is 11.9 Å². The Hall–Kier alpha value is -2.96. The van der Waals surface area contributed by atoms with Crippen LogP contribution < -0.4 is 0 Å². The normalized spacial score (nSPS) is 10.9. The highest BCUT2D eigenvalue weighted by Gasteiger charge is 2.29. The molecule has 0 fully saturated rings. The number of rotatable bonds is 6. The van der Waals surface area contributed by atoms with Gasteiger partial charge in [-0.05, 0) is 25.0 Å². The third kappa shape index (κ3) is 3.64. The van der Waals surface area contributed by atoms with Crippen LogP contribution in [0.5, 0.6) is 0 Å². The van der Waals surface area contributed by atoms with E-state index in [0.717, 1.165) is 31.7 Å². The number of hydrogen-bond donors (Lipinski definition) is 0. The summed E-state index contributed by atoms with van der Waals surface area (Å²) in [5, 5.41) is 0.897. The number of benzene rings is 2. The predicted molar refractivity (Wildman–Crippen MR) is 122 cm³/mol. The summed E-state index contributed by atoms with van der Waals surface area (Å²) < 4.78 is 11.6. The van der Waals surface area contributed by atoms with Gasteiger partial charge in [-0.1, -0.05) is 60.7 Å². The number of carbonyl (C=O) groups excluding carboxylic acids is 2. The van der Waals surface area contributed by atoms with E-state index in [9.17, 15) is 9.59 Å². The number of esters is 2. The maximum Gasteiger partial charge on any atom is 0.349 e. The van der Waals surface area contributed by atoms with Crippen LogP contribution in [-0.2, 0) is 9.47 Å². The molecule has 0 saturated carbocycles. The van der Waals surface area contributed by atoms with E-state index in [1.54, 1.807) is 13.8 Å². The molecule has 2 heterocycles. The van der Waals surface area contributed by atoms with Crippen LogP contribution in [0.15, 0.2) is 60.7 Å². The Morgan fingerprint density at radius 1 is 0.700 bits per heavy atom. The molecule has 0 N–H and O–H groups in total. The summed E-state index contributed by atoms with van der Waals surface area (Å²) in [6.07, 6.45) is 0. The zero-order chi connectivity index (χ0) is 21.1. The number of fused-ring (bicyclic) bond motifs is 1. The minimum absolute atomic E-state index is 0.304. The minimum atomic E-state index is -0.346. The molecule has 0 spiro atoms. The Labute approximate surface area is 182 Å². The molecule has 0 aliphatic carbocycles. The Kier molecular flexibility index (Phi) is 5.97. The summed E-state index contributed by atoms with van der Waals surface area (Å²) in [7, 11) is 0. The van der Waals surface area contributed by atoms with Gasteiger partial charge in [-0.15, -0.1) is 22.7 Å². The van der Waals surface area contributed by atoms with Crippen LogP contribution in [0.1, 0.15) is 33.2 Å². The molecule has 30 heavy (non-hydrogen) atoms. The highest BCUT2D eigenvalue weighted by Crippen LogP contribution is 2.50. The average Bonchev–Trinajstić information content (AvgIpc) is 3.31. The van der Waals surface area contributed by atoms with E-state index < -0.39 is 0 Å². The van der Waals surface area contributed by atoms with E-state index in [1.165, 1.54) is 22.7 Å². The predicted octanol–water partition coefficient (Wildman–Crippen LogP) is 6.65. The van der Waals surface area contributed by atoms with Gasteiger partial charge in [-0.25, -0.2) is 9.59 Å². The van der Waals surface area contributed by atoms with Gasteiger partial charge < -0.3 is 9.47 Å². The zero-order valence-electron chi connectivity index (χ0n) is 16.6. The van der Waals surface area contributed by atoms with Crippen LogP contribution >= 0.6 is 22.7 Å². The van der Waals surface area contributed by atoms with Crippen molar-refractivity contribution < 1.29 is 19.1 Å². The smallest absolute Gasteiger partial charge is 0.349 e. The highest BCUT2D eigenvalue weighted by molar-refractivity contribution is 7.40. The summed E-state index contributed by atoms with van der Waals surface area (Å²) in [6.45, 7) is 4.20. The third-order valence-electron chi connectivity index (χ3n) is 4.59.